The molecule has 0 aromatic rings. The third-order valence-electron chi connectivity index (χ3n) is 10.7. The summed E-state index contributed by atoms with van der Waals surface area (Å²) < 4.78 is 0. The molecule has 4 aliphatic rings. The van der Waals surface area contributed by atoms with Crippen molar-refractivity contribution in [3.8, 4) is 0 Å². The molecule has 0 aromatic heterocycles. The SMILES string of the molecule is CCCCC[C@@H](C)[C@H]1CC[C@H]2[C@@H]3CCC4(Cl)CCCC[C@]4(C)[C@H]3CC[C@]12C. The van der Waals surface area contributed by atoms with Crippen LogP contribution in [0.2, 0.25) is 0 Å². The highest BCUT2D eigenvalue weighted by Crippen LogP contribution is 2.70. The zero-order chi connectivity index (χ0) is 19.3. The fourth-order valence-electron chi connectivity index (χ4n) is 9.10. The van der Waals surface area contributed by atoms with Gasteiger partial charge in [0.1, 0.15) is 0 Å². The number of unbranched alkanes of at least 4 members (excludes halogenated alkanes) is 2. The van der Waals surface area contributed by atoms with Crippen LogP contribution in [0, 0.1) is 40.4 Å². The number of hydrogen-bond donors (Lipinski definition) is 0. The molecule has 0 aliphatic heterocycles. The molecule has 0 saturated heterocycles. The van der Waals surface area contributed by atoms with Gasteiger partial charge in [0.25, 0.3) is 0 Å². The van der Waals surface area contributed by atoms with Crippen LogP contribution in [0.1, 0.15) is 118 Å². The first-order chi connectivity index (χ1) is 12.9. The smallest absolute Gasteiger partial charge is 0.0503 e. The molecular formula is C26H45Cl. The van der Waals surface area contributed by atoms with Crippen LogP contribution in [0.5, 0.6) is 0 Å². The monoisotopic (exact) mass is 392 g/mol. The van der Waals surface area contributed by atoms with E-state index in [1.54, 1.807) is 0 Å². The molecule has 8 atom stereocenters. The lowest BCUT2D eigenvalue weighted by Crippen LogP contribution is -2.59. The lowest BCUT2D eigenvalue weighted by Gasteiger charge is -2.63. The van der Waals surface area contributed by atoms with Crippen LogP contribution in [0.3, 0.4) is 0 Å². The number of fused-ring (bicyclic) bond motifs is 5. The molecule has 0 amide bonds. The van der Waals surface area contributed by atoms with Gasteiger partial charge in [0.2, 0.25) is 0 Å². The van der Waals surface area contributed by atoms with Crippen LogP contribution < -0.4 is 0 Å². The molecule has 0 heterocycles. The molecule has 156 valence electrons. The van der Waals surface area contributed by atoms with E-state index in [0.29, 0.717) is 10.8 Å². The van der Waals surface area contributed by atoms with Crippen molar-refractivity contribution in [2.75, 3.05) is 0 Å². The summed E-state index contributed by atoms with van der Waals surface area (Å²) >= 11 is 7.37. The Bertz CT molecular complexity index is 528. The molecule has 0 bridgehead atoms. The van der Waals surface area contributed by atoms with Gasteiger partial charge in [-0.3, -0.25) is 0 Å². The first-order valence-electron chi connectivity index (χ1n) is 12.5. The summed E-state index contributed by atoms with van der Waals surface area (Å²) in [7, 11) is 0. The van der Waals surface area contributed by atoms with Gasteiger partial charge in [0, 0.05) is 0 Å². The van der Waals surface area contributed by atoms with E-state index in [2.05, 4.69) is 27.7 Å². The first-order valence-corrected chi connectivity index (χ1v) is 12.9. The standard InChI is InChI=1S/C26H45Cl/c1-5-6-7-10-19(2)21-11-12-22-20-13-18-26(27)16-9-8-15-25(26,4)23(20)14-17-24(21,22)3/h19-23H,5-18H2,1-4H3/t19-,20+,21-,22+,23+,24-,25-,26?/m1/s1. The summed E-state index contributed by atoms with van der Waals surface area (Å²) in [4.78, 5) is 0.131. The van der Waals surface area contributed by atoms with Crippen molar-refractivity contribution in [2.45, 2.75) is 122 Å². The van der Waals surface area contributed by atoms with Crippen molar-refractivity contribution >= 4 is 11.6 Å². The second-order valence-electron chi connectivity index (χ2n) is 11.7. The maximum atomic E-state index is 7.37. The van der Waals surface area contributed by atoms with Crippen molar-refractivity contribution in [3.63, 3.8) is 0 Å². The summed E-state index contributed by atoms with van der Waals surface area (Å²) in [6, 6.07) is 0. The number of halogens is 1. The van der Waals surface area contributed by atoms with E-state index < -0.39 is 0 Å². The summed E-state index contributed by atoms with van der Waals surface area (Å²) in [6.45, 7) is 10.3. The Kier molecular flexibility index (Phi) is 5.72. The molecule has 0 nitrogen and oxygen atoms in total. The van der Waals surface area contributed by atoms with E-state index in [9.17, 15) is 0 Å². The highest BCUT2D eigenvalue weighted by atomic mass is 35.5. The van der Waals surface area contributed by atoms with Gasteiger partial charge in [0.15, 0.2) is 0 Å². The zero-order valence-electron chi connectivity index (χ0n) is 18.7. The Balaban J connectivity index is 1.52. The van der Waals surface area contributed by atoms with Gasteiger partial charge in [-0.1, -0.05) is 66.2 Å². The normalized spacial score (nSPS) is 50.6. The fraction of sp³-hybridized carbons (Fsp3) is 1.00. The van der Waals surface area contributed by atoms with Gasteiger partial charge in [0.05, 0.1) is 4.87 Å². The summed E-state index contributed by atoms with van der Waals surface area (Å²) in [6.07, 6.45) is 19.9. The van der Waals surface area contributed by atoms with E-state index in [1.165, 1.54) is 89.9 Å². The van der Waals surface area contributed by atoms with Gasteiger partial charge < -0.3 is 0 Å². The molecule has 0 aromatic carbocycles. The van der Waals surface area contributed by atoms with Crippen molar-refractivity contribution in [2.24, 2.45) is 40.4 Å². The first kappa shape index (κ1) is 20.6. The molecule has 27 heavy (non-hydrogen) atoms. The third-order valence-corrected chi connectivity index (χ3v) is 11.5. The van der Waals surface area contributed by atoms with Gasteiger partial charge in [-0.2, -0.15) is 0 Å². The molecule has 1 heteroatoms. The number of alkyl halides is 1. The predicted molar refractivity (Wildman–Crippen MR) is 118 cm³/mol. The summed E-state index contributed by atoms with van der Waals surface area (Å²) in [5.41, 5.74) is 1.05. The average molecular weight is 393 g/mol. The number of rotatable bonds is 5. The van der Waals surface area contributed by atoms with Gasteiger partial charge in [-0.15, -0.1) is 11.6 Å². The van der Waals surface area contributed by atoms with Crippen LogP contribution in [0.4, 0.5) is 0 Å². The molecule has 0 N–H and O–H groups in total. The Morgan fingerprint density at radius 3 is 2.44 bits per heavy atom. The molecule has 1 unspecified atom stereocenters. The van der Waals surface area contributed by atoms with Crippen molar-refractivity contribution < 1.29 is 0 Å². The molecule has 4 fully saturated rings. The third kappa shape index (κ3) is 3.14. The quantitative estimate of drug-likeness (QED) is 0.324. The summed E-state index contributed by atoms with van der Waals surface area (Å²) in [5, 5.41) is 0. The van der Waals surface area contributed by atoms with Gasteiger partial charge in [-0.05, 0) is 91.8 Å². The van der Waals surface area contributed by atoms with Crippen molar-refractivity contribution in [1.82, 2.24) is 0 Å². The molecule has 4 rings (SSSR count). The van der Waals surface area contributed by atoms with Crippen LogP contribution in [0.25, 0.3) is 0 Å². The minimum absolute atomic E-state index is 0.131. The summed E-state index contributed by atoms with van der Waals surface area (Å²) in [5.74, 6) is 4.81. The second kappa shape index (κ2) is 7.52. The topological polar surface area (TPSA) is 0 Å². The largest absolute Gasteiger partial charge is 0.119 e. The van der Waals surface area contributed by atoms with Crippen molar-refractivity contribution in [3.05, 3.63) is 0 Å². The average Bonchev–Trinajstić information content (AvgIpc) is 2.99. The van der Waals surface area contributed by atoms with E-state index in [0.717, 1.165) is 29.6 Å². The Labute approximate surface area is 174 Å². The number of hydrogen-bond acceptors (Lipinski definition) is 0. The molecular weight excluding hydrogens is 348 g/mol. The van der Waals surface area contributed by atoms with Crippen molar-refractivity contribution in [1.29, 1.82) is 0 Å². The van der Waals surface area contributed by atoms with Crippen LogP contribution in [0.15, 0.2) is 0 Å². The Morgan fingerprint density at radius 1 is 0.889 bits per heavy atom. The Hall–Kier alpha value is 0.290. The van der Waals surface area contributed by atoms with Gasteiger partial charge in [-0.25, -0.2) is 0 Å². The van der Waals surface area contributed by atoms with E-state index in [4.69, 9.17) is 11.6 Å². The molecule has 4 saturated carbocycles. The Morgan fingerprint density at radius 2 is 1.67 bits per heavy atom. The van der Waals surface area contributed by atoms with Crippen LogP contribution >= 0.6 is 11.6 Å². The second-order valence-corrected chi connectivity index (χ2v) is 12.4. The fourth-order valence-corrected chi connectivity index (χ4v) is 9.58. The molecule has 4 aliphatic carbocycles. The molecule has 0 radical (unpaired) electrons. The van der Waals surface area contributed by atoms with Crippen LogP contribution in [-0.4, -0.2) is 4.87 Å². The highest BCUT2D eigenvalue weighted by Gasteiger charge is 2.63. The van der Waals surface area contributed by atoms with E-state index in [-0.39, 0.29) is 4.87 Å². The van der Waals surface area contributed by atoms with E-state index in [1.807, 2.05) is 0 Å². The lowest BCUT2D eigenvalue weighted by atomic mass is 9.44. The zero-order valence-corrected chi connectivity index (χ0v) is 19.4. The van der Waals surface area contributed by atoms with Crippen LogP contribution in [-0.2, 0) is 0 Å². The van der Waals surface area contributed by atoms with Gasteiger partial charge >= 0.3 is 0 Å². The van der Waals surface area contributed by atoms with E-state index >= 15 is 0 Å². The maximum absolute atomic E-state index is 7.37. The minimum Gasteiger partial charge on any atom is -0.119 e. The predicted octanol–water partition coefficient (Wildman–Crippen LogP) is 8.61. The maximum Gasteiger partial charge on any atom is 0.0503 e. The highest BCUT2D eigenvalue weighted by molar-refractivity contribution is 6.24. The molecule has 0 spiro atoms. The minimum atomic E-state index is 0.131. The lowest BCUT2D eigenvalue weighted by molar-refractivity contribution is -0.104.